The molecule has 0 aromatic heterocycles. The van der Waals surface area contributed by atoms with E-state index in [4.69, 9.17) is 4.74 Å². The maximum atomic E-state index is 12.1. The van der Waals surface area contributed by atoms with E-state index in [1.165, 1.54) is 6.07 Å². The van der Waals surface area contributed by atoms with Crippen LogP contribution in [0.5, 0.6) is 5.75 Å². The van der Waals surface area contributed by atoms with Gasteiger partial charge in [-0.25, -0.2) is 13.1 Å². The largest absolute Gasteiger partial charge is 0.493 e. The summed E-state index contributed by atoms with van der Waals surface area (Å²) in [7, 11) is -3.56. The summed E-state index contributed by atoms with van der Waals surface area (Å²) in [6.45, 7) is 2.59. The van der Waals surface area contributed by atoms with Gasteiger partial charge in [0.15, 0.2) is 0 Å². The Morgan fingerprint density at radius 1 is 1.47 bits per heavy atom. The number of hydrogen-bond acceptors (Lipinski definition) is 4. The van der Waals surface area contributed by atoms with Crippen LogP contribution in [-0.2, 0) is 16.4 Å². The number of nitrogens with one attached hydrogen (secondary N) is 1. The van der Waals surface area contributed by atoms with E-state index < -0.39 is 16.1 Å². The molecule has 2 N–H and O–H groups in total. The standard InChI is InChI=1S/C13H19NO4S/c1-2-3-11(15)9-14-19(16,17)12-4-5-13-10(8-12)6-7-18-13/h4-5,8,11,14-15H,2-3,6-7,9H2,1H3. The predicted molar refractivity (Wildman–Crippen MR) is 71.7 cm³/mol. The van der Waals surface area contributed by atoms with Gasteiger partial charge in [-0.05, 0) is 30.2 Å². The van der Waals surface area contributed by atoms with Gasteiger partial charge in [0.1, 0.15) is 5.75 Å². The summed E-state index contributed by atoms with van der Waals surface area (Å²) in [5, 5.41) is 9.57. The van der Waals surface area contributed by atoms with Crippen molar-refractivity contribution in [2.75, 3.05) is 13.2 Å². The highest BCUT2D eigenvalue weighted by molar-refractivity contribution is 7.89. The highest BCUT2D eigenvalue weighted by atomic mass is 32.2. The van der Waals surface area contributed by atoms with Gasteiger partial charge in [-0.2, -0.15) is 0 Å². The van der Waals surface area contributed by atoms with Gasteiger partial charge in [0.2, 0.25) is 10.0 Å². The van der Waals surface area contributed by atoms with Crippen molar-refractivity contribution in [3.05, 3.63) is 23.8 Å². The van der Waals surface area contributed by atoms with Crippen LogP contribution in [0.1, 0.15) is 25.3 Å². The number of benzene rings is 1. The van der Waals surface area contributed by atoms with Gasteiger partial charge in [0.05, 0.1) is 17.6 Å². The van der Waals surface area contributed by atoms with E-state index in [0.717, 1.165) is 24.2 Å². The fourth-order valence-corrected chi connectivity index (χ4v) is 3.18. The third-order valence-electron chi connectivity index (χ3n) is 3.10. The van der Waals surface area contributed by atoms with Crippen molar-refractivity contribution in [2.45, 2.75) is 37.2 Å². The van der Waals surface area contributed by atoms with Crippen LogP contribution in [0.2, 0.25) is 0 Å². The first kappa shape index (κ1) is 14.3. The lowest BCUT2D eigenvalue weighted by atomic mass is 10.2. The van der Waals surface area contributed by atoms with Crippen molar-refractivity contribution >= 4 is 10.0 Å². The van der Waals surface area contributed by atoms with Gasteiger partial charge >= 0.3 is 0 Å². The summed E-state index contributed by atoms with van der Waals surface area (Å²) in [6, 6.07) is 4.84. The zero-order valence-corrected chi connectivity index (χ0v) is 11.7. The molecule has 6 heteroatoms. The fourth-order valence-electron chi connectivity index (χ4n) is 2.05. The minimum absolute atomic E-state index is 0.0454. The van der Waals surface area contributed by atoms with Gasteiger partial charge in [-0.15, -0.1) is 0 Å². The first-order chi connectivity index (χ1) is 9.03. The molecule has 0 fully saturated rings. The van der Waals surface area contributed by atoms with Crippen LogP contribution in [0.4, 0.5) is 0 Å². The number of aliphatic hydroxyl groups is 1. The van der Waals surface area contributed by atoms with Crippen LogP contribution >= 0.6 is 0 Å². The minimum atomic E-state index is -3.56. The quantitative estimate of drug-likeness (QED) is 0.819. The molecule has 1 aromatic rings. The average molecular weight is 285 g/mol. The molecule has 106 valence electrons. The number of aliphatic hydroxyl groups excluding tert-OH is 1. The molecule has 0 aliphatic carbocycles. The molecule has 0 saturated heterocycles. The van der Waals surface area contributed by atoms with Crippen LogP contribution in [-0.4, -0.2) is 32.8 Å². The molecule has 0 spiro atoms. The fraction of sp³-hybridized carbons (Fsp3) is 0.538. The molecule has 0 saturated carbocycles. The molecule has 1 atom stereocenters. The van der Waals surface area contributed by atoms with Gasteiger partial charge in [0, 0.05) is 13.0 Å². The van der Waals surface area contributed by atoms with Crippen LogP contribution in [0.25, 0.3) is 0 Å². The van der Waals surface area contributed by atoms with E-state index >= 15 is 0 Å². The number of fused-ring (bicyclic) bond motifs is 1. The normalized spacial score (nSPS) is 15.9. The zero-order chi connectivity index (χ0) is 13.9. The van der Waals surface area contributed by atoms with E-state index in [2.05, 4.69) is 4.72 Å². The van der Waals surface area contributed by atoms with E-state index in [1.807, 2.05) is 6.92 Å². The van der Waals surface area contributed by atoms with Crippen molar-refractivity contribution in [3.63, 3.8) is 0 Å². The average Bonchev–Trinajstić information content (AvgIpc) is 2.84. The second-order valence-corrected chi connectivity index (χ2v) is 6.43. The molecule has 5 nitrogen and oxygen atoms in total. The summed E-state index contributed by atoms with van der Waals surface area (Å²) >= 11 is 0. The minimum Gasteiger partial charge on any atom is -0.493 e. The Balaban J connectivity index is 2.07. The molecule has 0 radical (unpaired) electrons. The lowest BCUT2D eigenvalue weighted by Gasteiger charge is -2.11. The van der Waals surface area contributed by atoms with Gasteiger partial charge < -0.3 is 9.84 Å². The van der Waals surface area contributed by atoms with Crippen molar-refractivity contribution in [1.82, 2.24) is 4.72 Å². The van der Waals surface area contributed by atoms with Crippen LogP contribution < -0.4 is 9.46 Å². The lowest BCUT2D eigenvalue weighted by molar-refractivity contribution is 0.167. The highest BCUT2D eigenvalue weighted by Gasteiger charge is 2.19. The maximum absolute atomic E-state index is 12.1. The molecule has 1 unspecified atom stereocenters. The number of rotatable bonds is 6. The molecule has 1 aliphatic heterocycles. The third kappa shape index (κ3) is 3.46. The number of ether oxygens (including phenoxy) is 1. The summed E-state index contributed by atoms with van der Waals surface area (Å²) < 4.78 is 31.9. The first-order valence-electron chi connectivity index (χ1n) is 6.46. The summed E-state index contributed by atoms with van der Waals surface area (Å²) in [5.41, 5.74) is 0.914. The van der Waals surface area contributed by atoms with Crippen molar-refractivity contribution < 1.29 is 18.3 Å². The lowest BCUT2D eigenvalue weighted by Crippen LogP contribution is -2.32. The van der Waals surface area contributed by atoms with Crippen LogP contribution in [0, 0.1) is 0 Å². The molecule has 2 rings (SSSR count). The Labute approximate surface area is 113 Å². The second kappa shape index (κ2) is 5.90. The molecule has 19 heavy (non-hydrogen) atoms. The second-order valence-electron chi connectivity index (χ2n) is 4.66. The Morgan fingerprint density at radius 3 is 3.00 bits per heavy atom. The summed E-state index contributed by atoms with van der Waals surface area (Å²) in [6.07, 6.45) is 1.49. The Hall–Kier alpha value is -1.11. The van der Waals surface area contributed by atoms with Crippen molar-refractivity contribution in [1.29, 1.82) is 0 Å². The molecule has 1 heterocycles. The number of hydrogen-bond donors (Lipinski definition) is 2. The molecule has 1 aliphatic rings. The third-order valence-corrected chi connectivity index (χ3v) is 4.52. The van der Waals surface area contributed by atoms with E-state index in [-0.39, 0.29) is 11.4 Å². The van der Waals surface area contributed by atoms with E-state index in [0.29, 0.717) is 13.0 Å². The first-order valence-corrected chi connectivity index (χ1v) is 7.94. The topological polar surface area (TPSA) is 75.6 Å². The molecule has 0 amide bonds. The number of sulfonamides is 1. The highest BCUT2D eigenvalue weighted by Crippen LogP contribution is 2.27. The van der Waals surface area contributed by atoms with Gasteiger partial charge in [0.25, 0.3) is 0 Å². The Kier molecular flexibility index (Phi) is 4.44. The summed E-state index contributed by atoms with van der Waals surface area (Å²) in [5.74, 6) is 0.755. The van der Waals surface area contributed by atoms with Gasteiger partial charge in [-0.3, -0.25) is 0 Å². The molecule has 1 aromatic carbocycles. The molecular formula is C13H19NO4S. The monoisotopic (exact) mass is 285 g/mol. The van der Waals surface area contributed by atoms with Crippen LogP contribution in [0.15, 0.2) is 23.1 Å². The zero-order valence-electron chi connectivity index (χ0n) is 10.9. The SMILES string of the molecule is CCCC(O)CNS(=O)(=O)c1ccc2c(c1)CCO2. The predicted octanol–water partition coefficient (Wildman–Crippen LogP) is 1.06. The Morgan fingerprint density at radius 2 is 2.26 bits per heavy atom. The van der Waals surface area contributed by atoms with Gasteiger partial charge in [-0.1, -0.05) is 13.3 Å². The van der Waals surface area contributed by atoms with Crippen molar-refractivity contribution in [3.8, 4) is 5.75 Å². The van der Waals surface area contributed by atoms with E-state index in [9.17, 15) is 13.5 Å². The Bertz CT molecular complexity index is 542. The van der Waals surface area contributed by atoms with E-state index in [1.54, 1.807) is 12.1 Å². The molecular weight excluding hydrogens is 266 g/mol. The molecule has 0 bridgehead atoms. The maximum Gasteiger partial charge on any atom is 0.240 e. The van der Waals surface area contributed by atoms with Crippen LogP contribution in [0.3, 0.4) is 0 Å². The smallest absolute Gasteiger partial charge is 0.240 e. The van der Waals surface area contributed by atoms with Crippen molar-refractivity contribution in [2.24, 2.45) is 0 Å². The summed E-state index contributed by atoms with van der Waals surface area (Å²) in [4.78, 5) is 0.223.